The Balaban J connectivity index is 2.04. The Kier molecular flexibility index (Phi) is 2.10. The van der Waals surface area contributed by atoms with Crippen molar-refractivity contribution in [3.8, 4) is 10.6 Å². The largest absolute Gasteiger partial charge is 0.382 e. The summed E-state index contributed by atoms with van der Waals surface area (Å²) in [5.74, 6) is 0.507. The van der Waals surface area contributed by atoms with Crippen LogP contribution < -0.4 is 5.73 Å². The van der Waals surface area contributed by atoms with E-state index in [9.17, 15) is 0 Å². The highest BCUT2D eigenvalue weighted by Gasteiger charge is 2.13. The summed E-state index contributed by atoms with van der Waals surface area (Å²) < 4.78 is 3.16. The van der Waals surface area contributed by atoms with Crippen molar-refractivity contribution < 1.29 is 0 Å². The molecule has 92 valence electrons. The van der Waals surface area contributed by atoms with Crippen molar-refractivity contribution in [2.75, 3.05) is 5.73 Å². The van der Waals surface area contributed by atoms with E-state index in [0.717, 1.165) is 16.1 Å². The molecule has 0 aliphatic rings. The average molecular weight is 266 g/mol. The molecule has 4 nitrogen and oxygen atoms in total. The lowest BCUT2D eigenvalue weighted by Gasteiger charge is -1.98. The number of aromatic nitrogens is 3. The quantitative estimate of drug-likeness (QED) is 0.575. The number of imidazole rings is 1. The molecule has 4 rings (SSSR count). The second kappa shape index (κ2) is 3.80. The van der Waals surface area contributed by atoms with Gasteiger partial charge in [0, 0.05) is 17.1 Å². The first-order valence-electron chi connectivity index (χ1n) is 5.89. The predicted molar refractivity (Wildman–Crippen MR) is 78.2 cm³/mol. The summed E-state index contributed by atoms with van der Waals surface area (Å²) in [4.78, 5) is 9.73. The van der Waals surface area contributed by atoms with Gasteiger partial charge in [-0.1, -0.05) is 18.2 Å². The fourth-order valence-corrected chi connectivity index (χ4v) is 3.31. The number of fused-ring (bicyclic) bond motifs is 2. The average Bonchev–Trinajstić information content (AvgIpc) is 3.02. The van der Waals surface area contributed by atoms with Gasteiger partial charge in [-0.25, -0.2) is 9.97 Å². The lowest BCUT2D eigenvalue weighted by Crippen LogP contribution is -1.94. The number of hydrogen-bond acceptors (Lipinski definition) is 4. The number of thiophene rings is 1. The molecule has 0 unspecified atom stereocenters. The third-order valence-corrected chi connectivity index (χ3v) is 4.26. The van der Waals surface area contributed by atoms with Crippen molar-refractivity contribution in [2.45, 2.75) is 0 Å². The fourth-order valence-electron chi connectivity index (χ4n) is 2.25. The van der Waals surface area contributed by atoms with Gasteiger partial charge >= 0.3 is 0 Å². The van der Waals surface area contributed by atoms with Crippen molar-refractivity contribution in [3.63, 3.8) is 0 Å². The van der Waals surface area contributed by atoms with E-state index < -0.39 is 0 Å². The minimum Gasteiger partial charge on any atom is -0.382 e. The van der Waals surface area contributed by atoms with E-state index in [1.54, 1.807) is 23.9 Å². The first-order valence-corrected chi connectivity index (χ1v) is 6.71. The molecule has 19 heavy (non-hydrogen) atoms. The van der Waals surface area contributed by atoms with E-state index in [-0.39, 0.29) is 0 Å². The molecule has 0 fully saturated rings. The Labute approximate surface area is 113 Å². The number of hydrogen-bond donors (Lipinski definition) is 1. The predicted octanol–water partition coefficient (Wildman–Crippen LogP) is 3.19. The number of rotatable bonds is 1. The summed E-state index contributed by atoms with van der Waals surface area (Å²) in [5, 5.41) is 1.23. The second-order valence-electron chi connectivity index (χ2n) is 4.31. The van der Waals surface area contributed by atoms with Gasteiger partial charge < -0.3 is 10.1 Å². The molecular weight excluding hydrogens is 256 g/mol. The molecule has 5 heteroatoms. The molecule has 0 saturated carbocycles. The van der Waals surface area contributed by atoms with Crippen molar-refractivity contribution in [3.05, 3.63) is 49.1 Å². The van der Waals surface area contributed by atoms with Crippen LogP contribution in [-0.4, -0.2) is 14.4 Å². The number of anilines is 1. The fraction of sp³-hybridized carbons (Fsp3) is 0. The Morgan fingerprint density at radius 1 is 1.16 bits per heavy atom. The number of benzene rings is 1. The van der Waals surface area contributed by atoms with Gasteiger partial charge in [0.05, 0.1) is 4.88 Å². The van der Waals surface area contributed by atoms with E-state index in [2.05, 4.69) is 28.2 Å². The molecule has 0 aliphatic carbocycles. The van der Waals surface area contributed by atoms with E-state index in [1.165, 1.54) is 10.1 Å². The lowest BCUT2D eigenvalue weighted by molar-refractivity contribution is 1.12. The molecule has 0 saturated heterocycles. The van der Waals surface area contributed by atoms with Gasteiger partial charge in [-0.3, -0.25) is 0 Å². The molecule has 0 bridgehead atoms. The summed E-state index contributed by atoms with van der Waals surface area (Å²) in [5.41, 5.74) is 7.73. The van der Waals surface area contributed by atoms with Gasteiger partial charge in [0.15, 0.2) is 0 Å². The summed E-state index contributed by atoms with van der Waals surface area (Å²) in [6.07, 6.45) is 5.31. The minimum atomic E-state index is 0.507. The maximum atomic E-state index is 5.97. The smallest absolute Gasteiger partial charge is 0.150 e. The molecule has 3 aromatic heterocycles. The maximum absolute atomic E-state index is 5.97. The number of nitrogen functional groups attached to an aromatic ring is 1. The van der Waals surface area contributed by atoms with Crippen LogP contribution in [0.5, 0.6) is 0 Å². The highest BCUT2D eigenvalue weighted by atomic mass is 32.1. The SMILES string of the molecule is Nc1nccn2cnc(-c3cc4ccccc4s3)c12. The van der Waals surface area contributed by atoms with E-state index in [4.69, 9.17) is 5.73 Å². The van der Waals surface area contributed by atoms with Gasteiger partial charge in [0.1, 0.15) is 23.4 Å². The van der Waals surface area contributed by atoms with Crippen LogP contribution in [0.4, 0.5) is 5.82 Å². The normalized spacial score (nSPS) is 11.4. The maximum Gasteiger partial charge on any atom is 0.150 e. The first-order chi connectivity index (χ1) is 9.33. The summed E-state index contributed by atoms with van der Waals surface area (Å²) >= 11 is 1.72. The van der Waals surface area contributed by atoms with Gasteiger partial charge in [-0.15, -0.1) is 11.3 Å². The van der Waals surface area contributed by atoms with Crippen LogP contribution >= 0.6 is 11.3 Å². The molecule has 4 aromatic rings. The minimum absolute atomic E-state index is 0.507. The first kappa shape index (κ1) is 10.5. The molecule has 0 aliphatic heterocycles. The van der Waals surface area contributed by atoms with Gasteiger partial charge in [0.25, 0.3) is 0 Å². The molecular formula is C14H10N4S. The van der Waals surface area contributed by atoms with Gasteiger partial charge in [-0.2, -0.15) is 0 Å². The van der Waals surface area contributed by atoms with Crippen molar-refractivity contribution in [2.24, 2.45) is 0 Å². The van der Waals surface area contributed by atoms with Crippen LogP contribution in [0.15, 0.2) is 49.1 Å². The van der Waals surface area contributed by atoms with Gasteiger partial charge in [-0.05, 0) is 17.5 Å². The van der Waals surface area contributed by atoms with Crippen LogP contribution in [-0.2, 0) is 0 Å². The summed E-state index contributed by atoms with van der Waals surface area (Å²) in [7, 11) is 0. The molecule has 3 heterocycles. The monoisotopic (exact) mass is 266 g/mol. The Morgan fingerprint density at radius 2 is 2.05 bits per heavy atom. The van der Waals surface area contributed by atoms with E-state index in [0.29, 0.717) is 5.82 Å². The van der Waals surface area contributed by atoms with Crippen molar-refractivity contribution in [1.29, 1.82) is 0 Å². The summed E-state index contributed by atoms with van der Waals surface area (Å²) in [6, 6.07) is 10.5. The Bertz CT molecular complexity index is 858. The molecule has 2 N–H and O–H groups in total. The molecule has 1 aromatic carbocycles. The summed E-state index contributed by atoms with van der Waals surface area (Å²) in [6.45, 7) is 0. The molecule has 0 atom stereocenters. The standard InChI is InChI=1S/C14H10N4S/c15-14-13-12(17-8-18(13)6-5-16-14)11-7-9-3-1-2-4-10(9)19-11/h1-8H,(H2,15,16). The van der Waals surface area contributed by atoms with Gasteiger partial charge in [0.2, 0.25) is 0 Å². The molecule has 0 radical (unpaired) electrons. The van der Waals surface area contributed by atoms with Crippen LogP contribution in [0.3, 0.4) is 0 Å². The van der Waals surface area contributed by atoms with Crippen molar-refractivity contribution in [1.82, 2.24) is 14.4 Å². The zero-order chi connectivity index (χ0) is 12.8. The Hall–Kier alpha value is -2.40. The molecule has 0 amide bonds. The zero-order valence-corrected chi connectivity index (χ0v) is 10.8. The Morgan fingerprint density at radius 3 is 2.95 bits per heavy atom. The highest BCUT2D eigenvalue weighted by Crippen LogP contribution is 2.35. The number of nitrogens with zero attached hydrogens (tertiary/aromatic N) is 3. The van der Waals surface area contributed by atoms with Crippen molar-refractivity contribution >= 4 is 32.8 Å². The third kappa shape index (κ3) is 1.52. The van der Waals surface area contributed by atoms with Crippen LogP contribution in [0.25, 0.3) is 26.2 Å². The number of nitrogens with two attached hydrogens (primary N) is 1. The second-order valence-corrected chi connectivity index (χ2v) is 5.39. The topological polar surface area (TPSA) is 56.2 Å². The van der Waals surface area contributed by atoms with E-state index in [1.807, 2.05) is 22.7 Å². The lowest BCUT2D eigenvalue weighted by atomic mass is 10.2. The van der Waals surface area contributed by atoms with Crippen LogP contribution in [0, 0.1) is 0 Å². The van der Waals surface area contributed by atoms with Crippen LogP contribution in [0.1, 0.15) is 0 Å². The van der Waals surface area contributed by atoms with E-state index >= 15 is 0 Å². The third-order valence-electron chi connectivity index (χ3n) is 3.14. The zero-order valence-electron chi connectivity index (χ0n) is 9.95. The van der Waals surface area contributed by atoms with Crippen LogP contribution in [0.2, 0.25) is 0 Å². The highest BCUT2D eigenvalue weighted by molar-refractivity contribution is 7.22. The molecule has 0 spiro atoms.